The van der Waals surface area contributed by atoms with Crippen molar-refractivity contribution < 1.29 is 9.59 Å². The summed E-state index contributed by atoms with van der Waals surface area (Å²) < 4.78 is 0. The number of hydrogen-bond acceptors (Lipinski definition) is 3. The quantitative estimate of drug-likeness (QED) is 0.899. The first-order chi connectivity index (χ1) is 11.1. The third-order valence-electron chi connectivity index (χ3n) is 4.83. The maximum atomic E-state index is 12.8. The molecule has 2 N–H and O–H groups in total. The minimum absolute atomic E-state index is 0. The second kappa shape index (κ2) is 8.49. The van der Waals surface area contributed by atoms with Crippen molar-refractivity contribution in [2.45, 2.75) is 44.2 Å². The standard InChI is InChI=1S/C18H25N3O2.ClH/c19-15-8-4-10-20(13-15)18(23)16-9-5-11-21(16)17(22)12-14-6-2-1-3-7-14;/h1-3,6-7,15-16H,4-5,8-13,19H2;1H. The molecule has 3 rings (SSSR count). The fraction of sp³-hybridized carbons (Fsp3) is 0.556. The summed E-state index contributed by atoms with van der Waals surface area (Å²) in [6.07, 6.45) is 3.97. The van der Waals surface area contributed by atoms with Gasteiger partial charge in [-0.2, -0.15) is 0 Å². The number of amides is 2. The number of piperidine rings is 1. The predicted octanol–water partition coefficient (Wildman–Crippen LogP) is 1.59. The number of benzene rings is 1. The zero-order valence-electron chi connectivity index (χ0n) is 13.9. The SMILES string of the molecule is Cl.NC1CCCN(C(=O)C2CCCN2C(=O)Cc2ccccc2)C1. The van der Waals surface area contributed by atoms with E-state index in [1.54, 1.807) is 4.90 Å². The molecule has 2 heterocycles. The van der Waals surface area contributed by atoms with E-state index >= 15 is 0 Å². The molecule has 2 aliphatic heterocycles. The first-order valence-electron chi connectivity index (χ1n) is 8.53. The van der Waals surface area contributed by atoms with Crippen molar-refractivity contribution >= 4 is 24.2 Å². The molecule has 2 fully saturated rings. The Morgan fingerprint density at radius 1 is 1.08 bits per heavy atom. The van der Waals surface area contributed by atoms with Gasteiger partial charge in [-0.25, -0.2) is 0 Å². The summed E-state index contributed by atoms with van der Waals surface area (Å²) in [5.74, 6) is 0.132. The van der Waals surface area contributed by atoms with Crippen LogP contribution in [0.1, 0.15) is 31.2 Å². The van der Waals surface area contributed by atoms with Crippen LogP contribution in [0.2, 0.25) is 0 Å². The van der Waals surface area contributed by atoms with Crippen LogP contribution < -0.4 is 5.73 Å². The van der Waals surface area contributed by atoms with Crippen LogP contribution in [0.5, 0.6) is 0 Å². The van der Waals surface area contributed by atoms with Gasteiger partial charge in [-0.1, -0.05) is 30.3 Å². The predicted molar refractivity (Wildman–Crippen MR) is 95.9 cm³/mol. The minimum Gasteiger partial charge on any atom is -0.339 e. The van der Waals surface area contributed by atoms with Gasteiger partial charge in [-0.15, -0.1) is 12.4 Å². The topological polar surface area (TPSA) is 66.6 Å². The average Bonchev–Trinajstić information content (AvgIpc) is 3.05. The highest BCUT2D eigenvalue weighted by atomic mass is 35.5. The molecule has 2 amide bonds. The number of halogens is 1. The lowest BCUT2D eigenvalue weighted by molar-refractivity contribution is -0.144. The van der Waals surface area contributed by atoms with E-state index in [0.29, 0.717) is 19.5 Å². The monoisotopic (exact) mass is 351 g/mol. The van der Waals surface area contributed by atoms with Gasteiger partial charge in [0.25, 0.3) is 0 Å². The lowest BCUT2D eigenvalue weighted by Crippen LogP contribution is -2.53. The second-order valence-electron chi connectivity index (χ2n) is 6.59. The van der Waals surface area contributed by atoms with Crippen LogP contribution in [-0.2, 0) is 16.0 Å². The number of nitrogens with two attached hydrogens (primary N) is 1. The molecule has 0 saturated carbocycles. The molecule has 2 aliphatic rings. The molecule has 5 nitrogen and oxygen atoms in total. The molecular weight excluding hydrogens is 326 g/mol. The lowest BCUT2D eigenvalue weighted by atomic mass is 10.0. The van der Waals surface area contributed by atoms with Crippen LogP contribution in [0.3, 0.4) is 0 Å². The van der Waals surface area contributed by atoms with Gasteiger partial charge in [0, 0.05) is 25.7 Å². The summed E-state index contributed by atoms with van der Waals surface area (Å²) in [6, 6.07) is 9.49. The van der Waals surface area contributed by atoms with E-state index in [9.17, 15) is 9.59 Å². The van der Waals surface area contributed by atoms with Crippen molar-refractivity contribution in [3.8, 4) is 0 Å². The van der Waals surface area contributed by atoms with Crippen LogP contribution in [-0.4, -0.2) is 53.3 Å². The van der Waals surface area contributed by atoms with E-state index < -0.39 is 0 Å². The Bertz CT molecular complexity index is 567. The zero-order valence-corrected chi connectivity index (χ0v) is 14.7. The first-order valence-corrected chi connectivity index (χ1v) is 8.53. The average molecular weight is 352 g/mol. The highest BCUT2D eigenvalue weighted by Gasteiger charge is 2.37. The lowest BCUT2D eigenvalue weighted by Gasteiger charge is -2.35. The number of carbonyl (C=O) groups excluding carboxylic acids is 2. The summed E-state index contributed by atoms with van der Waals surface area (Å²) in [5, 5.41) is 0. The van der Waals surface area contributed by atoms with E-state index in [0.717, 1.165) is 37.8 Å². The molecule has 24 heavy (non-hydrogen) atoms. The molecule has 2 unspecified atom stereocenters. The third-order valence-corrected chi connectivity index (χ3v) is 4.83. The molecule has 0 aliphatic carbocycles. The number of nitrogens with zero attached hydrogens (tertiary/aromatic N) is 2. The van der Waals surface area contributed by atoms with Crippen molar-refractivity contribution in [2.75, 3.05) is 19.6 Å². The van der Waals surface area contributed by atoms with Crippen molar-refractivity contribution in [3.63, 3.8) is 0 Å². The Labute approximate surface area is 149 Å². The van der Waals surface area contributed by atoms with Crippen molar-refractivity contribution in [1.29, 1.82) is 0 Å². The van der Waals surface area contributed by atoms with Gasteiger partial charge < -0.3 is 15.5 Å². The van der Waals surface area contributed by atoms with Crippen LogP contribution in [0.15, 0.2) is 30.3 Å². The van der Waals surface area contributed by atoms with Crippen LogP contribution in [0.25, 0.3) is 0 Å². The van der Waals surface area contributed by atoms with Crippen LogP contribution >= 0.6 is 12.4 Å². The second-order valence-corrected chi connectivity index (χ2v) is 6.59. The molecule has 132 valence electrons. The number of carbonyl (C=O) groups is 2. The Morgan fingerprint density at radius 3 is 2.50 bits per heavy atom. The zero-order chi connectivity index (χ0) is 16.2. The van der Waals surface area contributed by atoms with Crippen LogP contribution in [0.4, 0.5) is 0 Å². The molecule has 0 spiro atoms. The van der Waals surface area contributed by atoms with E-state index in [1.807, 2.05) is 35.2 Å². The number of rotatable bonds is 3. The van der Waals surface area contributed by atoms with E-state index in [1.165, 1.54) is 0 Å². The van der Waals surface area contributed by atoms with Gasteiger partial charge in [0.2, 0.25) is 11.8 Å². The van der Waals surface area contributed by atoms with E-state index in [-0.39, 0.29) is 36.3 Å². The Balaban J connectivity index is 0.00000208. The van der Waals surface area contributed by atoms with Crippen molar-refractivity contribution in [3.05, 3.63) is 35.9 Å². The fourth-order valence-corrected chi connectivity index (χ4v) is 3.61. The highest BCUT2D eigenvalue weighted by molar-refractivity contribution is 5.89. The van der Waals surface area contributed by atoms with Gasteiger partial charge in [0.05, 0.1) is 6.42 Å². The minimum atomic E-state index is -0.295. The molecule has 6 heteroatoms. The smallest absolute Gasteiger partial charge is 0.245 e. The molecule has 2 saturated heterocycles. The molecule has 0 bridgehead atoms. The van der Waals surface area contributed by atoms with Crippen molar-refractivity contribution in [1.82, 2.24) is 9.80 Å². The summed E-state index contributed by atoms with van der Waals surface area (Å²) in [6.45, 7) is 2.07. The number of likely N-dealkylation sites (tertiary alicyclic amines) is 2. The maximum absolute atomic E-state index is 12.8. The molecule has 1 aromatic rings. The fourth-order valence-electron chi connectivity index (χ4n) is 3.61. The largest absolute Gasteiger partial charge is 0.339 e. The highest BCUT2D eigenvalue weighted by Crippen LogP contribution is 2.22. The molecule has 0 radical (unpaired) electrons. The Morgan fingerprint density at radius 2 is 1.79 bits per heavy atom. The molecule has 2 atom stereocenters. The van der Waals surface area contributed by atoms with E-state index in [2.05, 4.69) is 0 Å². The summed E-state index contributed by atoms with van der Waals surface area (Å²) >= 11 is 0. The Kier molecular flexibility index (Phi) is 6.63. The van der Waals surface area contributed by atoms with Crippen molar-refractivity contribution in [2.24, 2.45) is 5.73 Å². The van der Waals surface area contributed by atoms with Gasteiger partial charge >= 0.3 is 0 Å². The summed E-state index contributed by atoms with van der Waals surface area (Å²) in [4.78, 5) is 29.0. The summed E-state index contributed by atoms with van der Waals surface area (Å²) in [7, 11) is 0. The number of hydrogen-bond donors (Lipinski definition) is 1. The third kappa shape index (κ3) is 4.28. The van der Waals surface area contributed by atoms with Gasteiger partial charge in [-0.3, -0.25) is 9.59 Å². The summed E-state index contributed by atoms with van der Waals surface area (Å²) in [5.41, 5.74) is 6.98. The first kappa shape index (κ1) is 18.7. The molecule has 1 aromatic carbocycles. The molecule has 0 aromatic heterocycles. The van der Waals surface area contributed by atoms with Crippen LogP contribution in [0, 0.1) is 0 Å². The van der Waals surface area contributed by atoms with Gasteiger partial charge in [0.15, 0.2) is 0 Å². The molecular formula is C18H26ClN3O2. The van der Waals surface area contributed by atoms with E-state index in [4.69, 9.17) is 5.73 Å². The Hall–Kier alpha value is -1.59. The maximum Gasteiger partial charge on any atom is 0.245 e. The van der Waals surface area contributed by atoms with Gasteiger partial charge in [0.1, 0.15) is 6.04 Å². The normalized spacial score (nSPS) is 23.7. The van der Waals surface area contributed by atoms with Gasteiger partial charge in [-0.05, 0) is 31.2 Å².